The molecule has 4 rings (SSSR count). The van der Waals surface area contributed by atoms with E-state index in [0.717, 1.165) is 71.5 Å². The maximum atomic E-state index is 12.6. The molecular weight excluding hydrogens is 418 g/mol. The van der Waals surface area contributed by atoms with Gasteiger partial charge in [-0.3, -0.25) is 0 Å². The number of para-hydroxylation sites is 1. The molecule has 1 aromatic carbocycles. The Morgan fingerprint density at radius 2 is 1.97 bits per heavy atom. The second-order valence-corrected chi connectivity index (χ2v) is 9.84. The molecule has 2 heterocycles. The van der Waals surface area contributed by atoms with E-state index in [9.17, 15) is 4.79 Å². The Hall–Kier alpha value is -2.12. The Morgan fingerprint density at radius 1 is 1.16 bits per heavy atom. The molecule has 1 atom stereocenters. The molecule has 174 valence electrons. The lowest BCUT2D eigenvalue weighted by atomic mass is 9.96. The number of urea groups is 1. The van der Waals surface area contributed by atoms with Crippen LogP contribution in [-0.4, -0.2) is 72.7 Å². The summed E-state index contributed by atoms with van der Waals surface area (Å²) in [5.74, 6) is 0. The van der Waals surface area contributed by atoms with Gasteiger partial charge in [0.2, 0.25) is 0 Å². The van der Waals surface area contributed by atoms with E-state index in [4.69, 9.17) is 0 Å². The molecular formula is C25H37N5OS. The van der Waals surface area contributed by atoms with Gasteiger partial charge in [-0.25, -0.2) is 9.78 Å². The van der Waals surface area contributed by atoms with Crippen LogP contribution in [0.1, 0.15) is 43.2 Å². The molecule has 2 amide bonds. The predicted octanol–water partition coefficient (Wildman–Crippen LogP) is 4.02. The van der Waals surface area contributed by atoms with E-state index in [-0.39, 0.29) is 6.03 Å². The highest BCUT2D eigenvalue weighted by Crippen LogP contribution is 2.27. The molecule has 1 aliphatic carbocycles. The summed E-state index contributed by atoms with van der Waals surface area (Å²) in [6.45, 7) is 8.68. The molecule has 32 heavy (non-hydrogen) atoms. The zero-order chi connectivity index (χ0) is 22.2. The van der Waals surface area contributed by atoms with Crippen molar-refractivity contribution in [3.8, 4) is 0 Å². The minimum Gasteiger partial charge on any atom is -0.368 e. The summed E-state index contributed by atoms with van der Waals surface area (Å²) in [5.41, 5.74) is 4.57. The smallest absolute Gasteiger partial charge is 0.317 e. The van der Waals surface area contributed by atoms with E-state index in [1.54, 1.807) is 0 Å². The van der Waals surface area contributed by atoms with Crippen molar-refractivity contribution in [1.29, 1.82) is 0 Å². The van der Waals surface area contributed by atoms with E-state index in [0.29, 0.717) is 6.04 Å². The van der Waals surface area contributed by atoms with Gasteiger partial charge >= 0.3 is 6.03 Å². The summed E-state index contributed by atoms with van der Waals surface area (Å²) in [5, 5.41) is 3.15. The molecule has 1 aliphatic heterocycles. The van der Waals surface area contributed by atoms with Crippen LogP contribution in [0.15, 0.2) is 35.8 Å². The summed E-state index contributed by atoms with van der Waals surface area (Å²) >= 11 is 1.82. The maximum Gasteiger partial charge on any atom is 0.317 e. The summed E-state index contributed by atoms with van der Waals surface area (Å²) in [6, 6.07) is 11.2. The number of carbonyl (C=O) groups is 1. The molecule has 1 saturated heterocycles. The van der Waals surface area contributed by atoms with Crippen molar-refractivity contribution < 1.29 is 4.79 Å². The molecule has 0 bridgehead atoms. The SMILES string of the molecule is CCCN(CCCCNC(=O)N1CCN(c2ccccc2)CC1)C1CCc2ncsc2C1. The van der Waals surface area contributed by atoms with Crippen molar-refractivity contribution in [3.63, 3.8) is 0 Å². The molecule has 1 N–H and O–H groups in total. The number of nitrogens with one attached hydrogen (secondary N) is 1. The number of thiazole rings is 1. The first-order valence-electron chi connectivity index (χ1n) is 12.2. The van der Waals surface area contributed by atoms with Gasteiger partial charge in [0.15, 0.2) is 0 Å². The molecule has 6 nitrogen and oxygen atoms in total. The number of carbonyl (C=O) groups excluding carboxylic acids is 1. The van der Waals surface area contributed by atoms with Gasteiger partial charge in [-0.2, -0.15) is 0 Å². The van der Waals surface area contributed by atoms with Gasteiger partial charge in [0.25, 0.3) is 0 Å². The van der Waals surface area contributed by atoms with Crippen LogP contribution < -0.4 is 10.2 Å². The van der Waals surface area contributed by atoms with Gasteiger partial charge in [0.1, 0.15) is 0 Å². The van der Waals surface area contributed by atoms with Crippen LogP contribution in [0, 0.1) is 0 Å². The van der Waals surface area contributed by atoms with E-state index in [2.05, 4.69) is 51.3 Å². The summed E-state index contributed by atoms with van der Waals surface area (Å²) < 4.78 is 0. The molecule has 0 saturated carbocycles. The molecule has 0 spiro atoms. The summed E-state index contributed by atoms with van der Waals surface area (Å²) in [7, 11) is 0. The predicted molar refractivity (Wildman–Crippen MR) is 133 cm³/mol. The van der Waals surface area contributed by atoms with Crippen LogP contribution in [0.25, 0.3) is 0 Å². The zero-order valence-corrected chi connectivity index (χ0v) is 20.2. The van der Waals surface area contributed by atoms with E-state index >= 15 is 0 Å². The van der Waals surface area contributed by atoms with Crippen LogP contribution in [0.4, 0.5) is 10.5 Å². The number of piperazine rings is 1. The number of benzene rings is 1. The average molecular weight is 456 g/mol. The van der Waals surface area contributed by atoms with Crippen molar-refractivity contribution in [3.05, 3.63) is 46.4 Å². The van der Waals surface area contributed by atoms with Crippen LogP contribution >= 0.6 is 11.3 Å². The zero-order valence-electron chi connectivity index (χ0n) is 19.3. The molecule has 2 aromatic rings. The van der Waals surface area contributed by atoms with Gasteiger partial charge in [0.05, 0.1) is 11.2 Å². The van der Waals surface area contributed by atoms with Crippen molar-refractivity contribution >= 4 is 23.1 Å². The lowest BCUT2D eigenvalue weighted by molar-refractivity contribution is 0.175. The average Bonchev–Trinajstić information content (AvgIpc) is 3.32. The van der Waals surface area contributed by atoms with Crippen molar-refractivity contribution in [1.82, 2.24) is 20.1 Å². The second kappa shape index (κ2) is 11.7. The second-order valence-electron chi connectivity index (χ2n) is 8.90. The highest BCUT2D eigenvalue weighted by molar-refractivity contribution is 7.09. The van der Waals surface area contributed by atoms with Gasteiger partial charge in [0, 0.05) is 49.3 Å². The summed E-state index contributed by atoms with van der Waals surface area (Å²) in [6.07, 6.45) is 6.87. The Bertz CT molecular complexity index is 834. The number of hydrogen-bond donors (Lipinski definition) is 1. The largest absolute Gasteiger partial charge is 0.368 e. The lowest BCUT2D eigenvalue weighted by Gasteiger charge is -2.36. The van der Waals surface area contributed by atoms with Crippen LogP contribution in [-0.2, 0) is 12.8 Å². The number of aromatic nitrogens is 1. The minimum atomic E-state index is 0.0909. The third-order valence-electron chi connectivity index (χ3n) is 6.72. The highest BCUT2D eigenvalue weighted by Gasteiger charge is 2.25. The minimum absolute atomic E-state index is 0.0909. The Labute approximate surface area is 196 Å². The van der Waals surface area contributed by atoms with Crippen LogP contribution in [0.3, 0.4) is 0 Å². The molecule has 2 aliphatic rings. The number of anilines is 1. The number of amides is 2. The number of unbranched alkanes of at least 4 members (excludes halogenated alkanes) is 1. The van der Waals surface area contributed by atoms with Gasteiger partial charge < -0.3 is 20.0 Å². The van der Waals surface area contributed by atoms with Crippen LogP contribution in [0.2, 0.25) is 0 Å². The van der Waals surface area contributed by atoms with Crippen LogP contribution in [0.5, 0.6) is 0 Å². The highest BCUT2D eigenvalue weighted by atomic mass is 32.1. The monoisotopic (exact) mass is 455 g/mol. The van der Waals surface area contributed by atoms with Gasteiger partial charge in [-0.1, -0.05) is 25.1 Å². The quantitative estimate of drug-likeness (QED) is 0.580. The van der Waals surface area contributed by atoms with E-state index in [1.165, 1.54) is 29.1 Å². The summed E-state index contributed by atoms with van der Waals surface area (Å²) in [4.78, 5) is 25.5. The van der Waals surface area contributed by atoms with E-state index in [1.807, 2.05) is 27.8 Å². The maximum absolute atomic E-state index is 12.6. The standard InChI is InChI=1S/C25H37N5OS/c1-2-13-28(22-10-11-23-24(19-22)32-20-27-23)14-7-6-12-26-25(31)30-17-15-29(16-18-30)21-8-4-3-5-9-21/h3-5,8-9,20,22H,2,6-7,10-19H2,1H3,(H,26,31). The van der Waals surface area contributed by atoms with Gasteiger partial charge in [-0.05, 0) is 63.7 Å². The number of fused-ring (bicyclic) bond motifs is 1. The fourth-order valence-electron chi connectivity index (χ4n) is 4.91. The fourth-order valence-corrected chi connectivity index (χ4v) is 5.80. The number of hydrogen-bond acceptors (Lipinski definition) is 5. The number of nitrogens with zero attached hydrogens (tertiary/aromatic N) is 4. The first-order chi connectivity index (χ1) is 15.7. The first-order valence-corrected chi connectivity index (χ1v) is 13.1. The normalized spacial score (nSPS) is 18.6. The topological polar surface area (TPSA) is 51.7 Å². The third-order valence-corrected chi connectivity index (χ3v) is 7.62. The fraction of sp³-hybridized carbons (Fsp3) is 0.600. The van der Waals surface area contributed by atoms with Crippen molar-refractivity contribution in [2.75, 3.05) is 50.7 Å². The number of aryl methyl sites for hydroxylation is 1. The van der Waals surface area contributed by atoms with Crippen molar-refractivity contribution in [2.45, 2.75) is 51.5 Å². The molecule has 0 radical (unpaired) electrons. The third kappa shape index (κ3) is 6.01. The Kier molecular flexibility index (Phi) is 8.40. The molecule has 1 unspecified atom stereocenters. The first kappa shape index (κ1) is 23.1. The lowest BCUT2D eigenvalue weighted by Crippen LogP contribution is -2.52. The molecule has 1 fully saturated rings. The van der Waals surface area contributed by atoms with Gasteiger partial charge in [-0.15, -0.1) is 11.3 Å². The van der Waals surface area contributed by atoms with E-state index < -0.39 is 0 Å². The van der Waals surface area contributed by atoms with Crippen molar-refractivity contribution in [2.24, 2.45) is 0 Å². The Balaban J connectivity index is 1.13. The Morgan fingerprint density at radius 3 is 2.75 bits per heavy atom. The molecule has 7 heteroatoms. The number of rotatable bonds is 9. The molecule has 1 aromatic heterocycles.